The Hall–Kier alpha value is -2.09. The second-order valence-corrected chi connectivity index (χ2v) is 7.57. The van der Waals surface area contributed by atoms with E-state index in [1.54, 1.807) is 32.0 Å². The number of nitrogens with zero attached hydrogens (tertiary/aromatic N) is 1. The van der Waals surface area contributed by atoms with E-state index in [4.69, 9.17) is 9.84 Å². The van der Waals surface area contributed by atoms with Crippen molar-refractivity contribution < 1.29 is 27.9 Å². The molecule has 1 rings (SSSR count). The molecule has 1 unspecified atom stereocenters. The topological polar surface area (TPSA) is 101 Å². The fraction of sp³-hybridized carbons (Fsp3) is 0.467. The molecule has 0 saturated heterocycles. The molecule has 0 aliphatic heterocycles. The zero-order valence-corrected chi connectivity index (χ0v) is 14.2. The number of carbonyl (C=O) groups excluding carboxylic acids is 1. The van der Waals surface area contributed by atoms with Gasteiger partial charge in [-0.25, -0.2) is 13.2 Å². The van der Waals surface area contributed by atoms with Crippen LogP contribution in [0.1, 0.15) is 24.2 Å². The van der Waals surface area contributed by atoms with E-state index >= 15 is 0 Å². The number of benzene rings is 1. The maximum absolute atomic E-state index is 12.4. The molecule has 1 amide bonds. The second kappa shape index (κ2) is 7.96. The van der Waals surface area contributed by atoms with E-state index in [-0.39, 0.29) is 23.2 Å². The van der Waals surface area contributed by atoms with Gasteiger partial charge in [0.05, 0.1) is 5.75 Å². The Bertz CT molecular complexity index is 670. The number of aliphatic carboxylic acids is 1. The van der Waals surface area contributed by atoms with Gasteiger partial charge in [0.1, 0.15) is 5.75 Å². The molecule has 0 radical (unpaired) electrons. The predicted octanol–water partition coefficient (Wildman–Crippen LogP) is 1.05. The minimum Gasteiger partial charge on any atom is -0.482 e. The van der Waals surface area contributed by atoms with Crippen molar-refractivity contribution in [1.29, 1.82) is 0 Å². The van der Waals surface area contributed by atoms with Gasteiger partial charge in [0, 0.05) is 24.4 Å². The summed E-state index contributed by atoms with van der Waals surface area (Å²) in [4.78, 5) is 24.3. The van der Waals surface area contributed by atoms with Gasteiger partial charge in [0.15, 0.2) is 16.4 Å². The molecule has 0 aliphatic rings. The fourth-order valence-corrected chi connectivity index (χ4v) is 3.06. The van der Waals surface area contributed by atoms with Crippen LogP contribution >= 0.6 is 0 Å². The number of rotatable bonds is 8. The predicted molar refractivity (Wildman–Crippen MR) is 85.5 cm³/mol. The van der Waals surface area contributed by atoms with Gasteiger partial charge in [0.25, 0.3) is 5.91 Å². The van der Waals surface area contributed by atoms with Crippen molar-refractivity contribution in [3.05, 3.63) is 29.8 Å². The minimum absolute atomic E-state index is 0.0257. The highest BCUT2D eigenvalue weighted by Gasteiger charge is 2.22. The van der Waals surface area contributed by atoms with Crippen molar-refractivity contribution in [2.45, 2.75) is 19.9 Å². The van der Waals surface area contributed by atoms with Gasteiger partial charge in [-0.2, -0.15) is 0 Å². The number of hydrogen-bond donors (Lipinski definition) is 1. The third-order valence-corrected chi connectivity index (χ3v) is 5.23. The van der Waals surface area contributed by atoms with Gasteiger partial charge in [-0.15, -0.1) is 0 Å². The average Bonchev–Trinajstić information content (AvgIpc) is 2.51. The Morgan fingerprint density at radius 3 is 2.57 bits per heavy atom. The third kappa shape index (κ3) is 5.90. The molecule has 1 atom stereocenters. The molecule has 1 aromatic carbocycles. The Balaban J connectivity index is 2.83. The molecule has 0 bridgehead atoms. The van der Waals surface area contributed by atoms with E-state index in [9.17, 15) is 18.0 Å². The maximum Gasteiger partial charge on any atom is 0.341 e. The quantitative estimate of drug-likeness (QED) is 0.757. The van der Waals surface area contributed by atoms with Crippen LogP contribution in [0.3, 0.4) is 0 Å². The lowest BCUT2D eigenvalue weighted by Crippen LogP contribution is -2.39. The van der Waals surface area contributed by atoms with Crippen LogP contribution in [0.5, 0.6) is 5.75 Å². The number of ether oxygens (including phenoxy) is 1. The standard InChI is InChI=1S/C15H21NO6S/c1-4-23(20,21)10-11(2)16(3)15(19)12-6-5-7-13(8-12)22-9-14(17)18/h5-8,11H,4,9-10H2,1-3H3,(H,17,18). The lowest BCUT2D eigenvalue weighted by Gasteiger charge is -2.25. The number of sulfone groups is 1. The van der Waals surface area contributed by atoms with Crippen LogP contribution in [0.15, 0.2) is 24.3 Å². The van der Waals surface area contributed by atoms with E-state index in [1.807, 2.05) is 0 Å². The normalized spacial score (nSPS) is 12.5. The summed E-state index contributed by atoms with van der Waals surface area (Å²) >= 11 is 0. The molecule has 23 heavy (non-hydrogen) atoms. The highest BCUT2D eigenvalue weighted by molar-refractivity contribution is 7.91. The molecule has 0 spiro atoms. The zero-order chi connectivity index (χ0) is 17.6. The van der Waals surface area contributed by atoms with E-state index in [1.165, 1.54) is 18.0 Å². The first-order valence-electron chi connectivity index (χ1n) is 7.08. The van der Waals surface area contributed by atoms with E-state index < -0.39 is 28.5 Å². The van der Waals surface area contributed by atoms with Crippen molar-refractivity contribution in [1.82, 2.24) is 4.90 Å². The number of carboxylic acid groups (broad SMARTS) is 1. The van der Waals surface area contributed by atoms with Crippen LogP contribution in [-0.4, -0.2) is 61.5 Å². The molecular weight excluding hydrogens is 322 g/mol. The van der Waals surface area contributed by atoms with Crippen molar-refractivity contribution in [3.8, 4) is 5.75 Å². The van der Waals surface area contributed by atoms with Gasteiger partial charge < -0.3 is 14.7 Å². The van der Waals surface area contributed by atoms with Crippen molar-refractivity contribution >= 4 is 21.7 Å². The second-order valence-electron chi connectivity index (χ2n) is 5.17. The van der Waals surface area contributed by atoms with Crippen molar-refractivity contribution in [3.63, 3.8) is 0 Å². The first-order valence-corrected chi connectivity index (χ1v) is 8.90. The molecule has 0 fully saturated rings. The number of amides is 1. The molecule has 0 heterocycles. The van der Waals surface area contributed by atoms with Crippen LogP contribution in [0.25, 0.3) is 0 Å². The zero-order valence-electron chi connectivity index (χ0n) is 13.4. The molecule has 1 N–H and O–H groups in total. The smallest absolute Gasteiger partial charge is 0.341 e. The first-order chi connectivity index (χ1) is 10.7. The van der Waals surface area contributed by atoms with Gasteiger partial charge in [-0.1, -0.05) is 13.0 Å². The number of carboxylic acids is 1. The molecule has 128 valence electrons. The summed E-state index contributed by atoms with van der Waals surface area (Å²) in [7, 11) is -1.66. The SMILES string of the molecule is CCS(=O)(=O)CC(C)N(C)C(=O)c1cccc(OCC(=O)O)c1. The number of hydrogen-bond acceptors (Lipinski definition) is 5. The van der Waals surface area contributed by atoms with Crippen LogP contribution in [-0.2, 0) is 14.6 Å². The highest BCUT2D eigenvalue weighted by atomic mass is 32.2. The summed E-state index contributed by atoms with van der Waals surface area (Å²) in [6, 6.07) is 5.64. The fourth-order valence-electron chi connectivity index (χ4n) is 1.86. The lowest BCUT2D eigenvalue weighted by atomic mass is 10.1. The van der Waals surface area contributed by atoms with Crippen molar-refractivity contribution in [2.24, 2.45) is 0 Å². The largest absolute Gasteiger partial charge is 0.482 e. The Labute approximate surface area is 135 Å². The summed E-state index contributed by atoms with van der Waals surface area (Å²) in [5, 5.41) is 8.59. The monoisotopic (exact) mass is 343 g/mol. The lowest BCUT2D eigenvalue weighted by molar-refractivity contribution is -0.139. The summed E-state index contributed by atoms with van der Waals surface area (Å²) < 4.78 is 28.4. The van der Waals surface area contributed by atoms with Crippen LogP contribution in [0.4, 0.5) is 0 Å². The maximum atomic E-state index is 12.4. The number of carbonyl (C=O) groups is 2. The van der Waals surface area contributed by atoms with E-state index in [0.29, 0.717) is 5.56 Å². The van der Waals surface area contributed by atoms with Gasteiger partial charge in [0.2, 0.25) is 0 Å². The van der Waals surface area contributed by atoms with E-state index in [2.05, 4.69) is 0 Å². The molecule has 0 aromatic heterocycles. The van der Waals surface area contributed by atoms with Gasteiger partial charge >= 0.3 is 5.97 Å². The Morgan fingerprint density at radius 1 is 1.35 bits per heavy atom. The third-order valence-electron chi connectivity index (χ3n) is 3.36. The van der Waals surface area contributed by atoms with Crippen LogP contribution in [0, 0.1) is 0 Å². The molecule has 0 aliphatic carbocycles. The minimum atomic E-state index is -3.19. The average molecular weight is 343 g/mol. The Kier molecular flexibility index (Phi) is 6.56. The summed E-state index contributed by atoms with van der Waals surface area (Å²) in [5.74, 6) is -1.29. The van der Waals surface area contributed by atoms with Gasteiger partial charge in [-0.3, -0.25) is 4.79 Å². The Morgan fingerprint density at radius 2 is 2.00 bits per heavy atom. The molecule has 7 nitrogen and oxygen atoms in total. The first kappa shape index (κ1) is 19.0. The molecular formula is C15H21NO6S. The summed E-state index contributed by atoms with van der Waals surface area (Å²) in [6.45, 7) is 2.72. The summed E-state index contributed by atoms with van der Waals surface area (Å²) in [5.41, 5.74) is 0.302. The molecule has 1 aromatic rings. The van der Waals surface area contributed by atoms with E-state index in [0.717, 1.165) is 0 Å². The van der Waals surface area contributed by atoms with Crippen molar-refractivity contribution in [2.75, 3.05) is 25.2 Å². The van der Waals surface area contributed by atoms with Gasteiger partial charge in [-0.05, 0) is 25.1 Å². The van der Waals surface area contributed by atoms with Crippen LogP contribution < -0.4 is 4.74 Å². The molecule has 8 heteroatoms. The van der Waals surface area contributed by atoms with Crippen LogP contribution in [0.2, 0.25) is 0 Å². The highest BCUT2D eigenvalue weighted by Crippen LogP contribution is 2.16. The summed E-state index contributed by atoms with van der Waals surface area (Å²) in [6.07, 6.45) is 0. The molecule has 0 saturated carbocycles.